The summed E-state index contributed by atoms with van der Waals surface area (Å²) >= 11 is 1.50. The van der Waals surface area contributed by atoms with Crippen LogP contribution in [0.3, 0.4) is 0 Å². The highest BCUT2D eigenvalue weighted by Gasteiger charge is 2.29. The van der Waals surface area contributed by atoms with Gasteiger partial charge in [-0.05, 0) is 44.9 Å². The number of amides is 2. The van der Waals surface area contributed by atoms with Crippen LogP contribution in [0.4, 0.5) is 0 Å². The Hall–Kier alpha value is -2.41. The van der Waals surface area contributed by atoms with Crippen LogP contribution in [0.5, 0.6) is 0 Å². The number of piperazine rings is 1. The lowest BCUT2D eigenvalue weighted by Crippen LogP contribution is -2.50. The van der Waals surface area contributed by atoms with E-state index in [2.05, 4.69) is 4.98 Å². The molecule has 2 aromatic heterocycles. The Morgan fingerprint density at radius 1 is 1.04 bits per heavy atom. The van der Waals surface area contributed by atoms with Crippen LogP contribution in [0.15, 0.2) is 12.1 Å². The number of Topliss-reactive ketones (excluding diaryl/α,β-unsaturated/α-hetero) is 1. The second kappa shape index (κ2) is 7.68. The van der Waals surface area contributed by atoms with Crippen LogP contribution in [0.1, 0.15) is 60.5 Å². The average molecular weight is 388 g/mol. The second-order valence-corrected chi connectivity index (χ2v) is 8.17. The first-order valence-corrected chi connectivity index (χ1v) is 10.0. The summed E-state index contributed by atoms with van der Waals surface area (Å²) in [6.07, 6.45) is 0.622. The van der Waals surface area contributed by atoms with Crippen molar-refractivity contribution in [3.05, 3.63) is 44.4 Å². The first-order valence-electron chi connectivity index (χ1n) is 9.20. The van der Waals surface area contributed by atoms with Crippen molar-refractivity contribution in [1.29, 1.82) is 0 Å². The lowest BCUT2D eigenvalue weighted by atomic mass is 10.0. The van der Waals surface area contributed by atoms with Crippen molar-refractivity contribution in [2.45, 2.75) is 34.1 Å². The lowest BCUT2D eigenvalue weighted by molar-refractivity contribution is 0.0534. The summed E-state index contributed by atoms with van der Waals surface area (Å²) in [6.45, 7) is 9.30. The third kappa shape index (κ3) is 3.69. The molecule has 3 rings (SSSR count). The number of hydrogen-bond donors (Lipinski definition) is 1. The molecule has 0 unspecified atom stereocenters. The molecule has 1 fully saturated rings. The molecule has 7 heteroatoms. The zero-order chi connectivity index (χ0) is 19.7. The molecule has 0 bridgehead atoms. The Balaban J connectivity index is 1.71. The maximum absolute atomic E-state index is 13.0. The van der Waals surface area contributed by atoms with E-state index < -0.39 is 0 Å². The number of aromatic nitrogens is 1. The summed E-state index contributed by atoms with van der Waals surface area (Å²) in [5.74, 6) is -0.0909. The van der Waals surface area contributed by atoms with E-state index in [4.69, 9.17) is 0 Å². The first kappa shape index (κ1) is 19.4. The fraction of sp³-hybridized carbons (Fsp3) is 0.450. The van der Waals surface area contributed by atoms with E-state index in [0.717, 1.165) is 21.0 Å². The fourth-order valence-electron chi connectivity index (χ4n) is 3.67. The SMILES string of the molecule is CCc1c(C(=O)N2CCN(C(=O)c3ccc(C)s3)CC2)[nH]c(C)c1C(C)=O. The van der Waals surface area contributed by atoms with Crippen LogP contribution in [0.2, 0.25) is 0 Å². The molecule has 0 radical (unpaired) electrons. The highest BCUT2D eigenvalue weighted by Crippen LogP contribution is 2.23. The highest BCUT2D eigenvalue weighted by atomic mass is 32.1. The van der Waals surface area contributed by atoms with Crippen molar-refractivity contribution < 1.29 is 14.4 Å². The van der Waals surface area contributed by atoms with Gasteiger partial charge in [0.05, 0.1) is 4.88 Å². The van der Waals surface area contributed by atoms with E-state index >= 15 is 0 Å². The number of ketones is 1. The Kier molecular flexibility index (Phi) is 5.51. The van der Waals surface area contributed by atoms with Gasteiger partial charge >= 0.3 is 0 Å². The van der Waals surface area contributed by atoms with Gasteiger partial charge in [-0.15, -0.1) is 11.3 Å². The Morgan fingerprint density at radius 2 is 1.63 bits per heavy atom. The molecule has 2 aromatic rings. The quantitative estimate of drug-likeness (QED) is 0.820. The van der Waals surface area contributed by atoms with Crippen LogP contribution in [0.25, 0.3) is 0 Å². The number of H-pyrrole nitrogens is 1. The Morgan fingerprint density at radius 3 is 2.11 bits per heavy atom. The maximum atomic E-state index is 13.0. The molecule has 144 valence electrons. The largest absolute Gasteiger partial charge is 0.354 e. The smallest absolute Gasteiger partial charge is 0.270 e. The molecule has 0 atom stereocenters. The van der Waals surface area contributed by atoms with Gasteiger partial charge in [-0.3, -0.25) is 14.4 Å². The van der Waals surface area contributed by atoms with E-state index in [1.807, 2.05) is 32.9 Å². The number of rotatable bonds is 4. The summed E-state index contributed by atoms with van der Waals surface area (Å²) in [7, 11) is 0. The predicted molar refractivity (Wildman–Crippen MR) is 106 cm³/mol. The number of aryl methyl sites for hydroxylation is 2. The number of hydrogen-bond acceptors (Lipinski definition) is 4. The van der Waals surface area contributed by atoms with Crippen molar-refractivity contribution in [1.82, 2.24) is 14.8 Å². The van der Waals surface area contributed by atoms with Gasteiger partial charge in [-0.2, -0.15) is 0 Å². The maximum Gasteiger partial charge on any atom is 0.270 e. The molecule has 1 saturated heterocycles. The van der Waals surface area contributed by atoms with Gasteiger partial charge in [-0.25, -0.2) is 0 Å². The van der Waals surface area contributed by atoms with Gasteiger partial charge in [0.2, 0.25) is 0 Å². The summed E-state index contributed by atoms with van der Waals surface area (Å²) in [6, 6.07) is 3.81. The fourth-order valence-corrected chi connectivity index (χ4v) is 4.50. The monoisotopic (exact) mass is 387 g/mol. The molecule has 1 N–H and O–H groups in total. The molecule has 3 heterocycles. The third-order valence-electron chi connectivity index (χ3n) is 5.02. The van der Waals surface area contributed by atoms with Crippen molar-refractivity contribution in [3.63, 3.8) is 0 Å². The van der Waals surface area contributed by atoms with E-state index in [0.29, 0.717) is 43.9 Å². The first-order chi connectivity index (χ1) is 12.8. The van der Waals surface area contributed by atoms with E-state index in [-0.39, 0.29) is 17.6 Å². The van der Waals surface area contributed by atoms with Gasteiger partial charge in [0.25, 0.3) is 11.8 Å². The molecule has 1 aliphatic rings. The van der Waals surface area contributed by atoms with Crippen molar-refractivity contribution >= 4 is 28.9 Å². The molecule has 0 aromatic carbocycles. The molecule has 6 nitrogen and oxygen atoms in total. The number of thiophene rings is 1. The van der Waals surface area contributed by atoms with Crippen molar-refractivity contribution in [2.75, 3.05) is 26.2 Å². The van der Waals surface area contributed by atoms with E-state index in [9.17, 15) is 14.4 Å². The summed E-state index contributed by atoms with van der Waals surface area (Å²) < 4.78 is 0. The lowest BCUT2D eigenvalue weighted by Gasteiger charge is -2.34. The molecule has 0 aliphatic carbocycles. The van der Waals surface area contributed by atoms with Gasteiger partial charge in [0.1, 0.15) is 5.69 Å². The van der Waals surface area contributed by atoms with Crippen LogP contribution in [-0.2, 0) is 6.42 Å². The molecular weight excluding hydrogens is 362 g/mol. The summed E-state index contributed by atoms with van der Waals surface area (Å²) in [4.78, 5) is 46.0. The van der Waals surface area contributed by atoms with Gasteiger partial charge < -0.3 is 14.8 Å². The number of aromatic amines is 1. The van der Waals surface area contributed by atoms with Crippen LogP contribution in [-0.4, -0.2) is 58.6 Å². The highest BCUT2D eigenvalue weighted by molar-refractivity contribution is 7.13. The van der Waals surface area contributed by atoms with Gasteiger partial charge in [-0.1, -0.05) is 6.92 Å². The molecule has 0 spiro atoms. The molecule has 2 amide bonds. The Labute approximate surface area is 163 Å². The van der Waals surface area contributed by atoms with Crippen LogP contribution < -0.4 is 0 Å². The summed E-state index contributed by atoms with van der Waals surface area (Å²) in [5, 5.41) is 0. The van der Waals surface area contributed by atoms with E-state index in [1.165, 1.54) is 18.3 Å². The zero-order valence-electron chi connectivity index (χ0n) is 16.2. The van der Waals surface area contributed by atoms with Gasteiger partial charge in [0, 0.05) is 42.3 Å². The van der Waals surface area contributed by atoms with Crippen LogP contribution >= 0.6 is 11.3 Å². The van der Waals surface area contributed by atoms with Crippen LogP contribution in [0, 0.1) is 13.8 Å². The molecule has 1 aliphatic heterocycles. The topological polar surface area (TPSA) is 73.5 Å². The van der Waals surface area contributed by atoms with E-state index in [1.54, 1.807) is 9.80 Å². The van der Waals surface area contributed by atoms with Gasteiger partial charge in [0.15, 0.2) is 5.78 Å². The number of carbonyl (C=O) groups excluding carboxylic acids is 3. The third-order valence-corrected chi connectivity index (χ3v) is 6.00. The number of nitrogens with one attached hydrogen (secondary N) is 1. The minimum atomic E-state index is -0.0958. The van der Waals surface area contributed by atoms with Crippen molar-refractivity contribution in [3.8, 4) is 0 Å². The zero-order valence-corrected chi connectivity index (χ0v) is 17.0. The average Bonchev–Trinajstić information content (AvgIpc) is 3.23. The molecule has 0 saturated carbocycles. The van der Waals surface area contributed by atoms with Crippen molar-refractivity contribution in [2.24, 2.45) is 0 Å². The predicted octanol–water partition coefficient (Wildman–Crippen LogP) is 3.06. The second-order valence-electron chi connectivity index (χ2n) is 6.88. The molecule has 27 heavy (non-hydrogen) atoms. The minimum absolute atomic E-state index is 0.0266. The molecular formula is C20H25N3O3S. The normalized spacial score (nSPS) is 14.5. The minimum Gasteiger partial charge on any atom is -0.354 e. The summed E-state index contributed by atoms with van der Waals surface area (Å²) in [5.41, 5.74) is 2.67. The number of carbonyl (C=O) groups is 3. The standard InChI is InChI=1S/C20H25N3O3S/c1-5-15-17(14(4)24)13(3)21-18(15)20(26)23-10-8-22(9-11-23)19(25)16-7-6-12(2)27-16/h6-7,21H,5,8-11H2,1-4H3. The number of nitrogens with zero attached hydrogens (tertiary/aromatic N) is 2. The Bertz CT molecular complexity index is 888.